The molecule has 152 valence electrons. The largest absolute Gasteiger partial charge is 0.351 e. The number of hydrogen-bond donors (Lipinski definition) is 1. The molecule has 0 spiro atoms. The molecule has 2 aromatic carbocycles. The van der Waals surface area contributed by atoms with E-state index >= 15 is 0 Å². The molecule has 0 aliphatic carbocycles. The van der Waals surface area contributed by atoms with Gasteiger partial charge in [-0.15, -0.1) is 10.2 Å². The van der Waals surface area contributed by atoms with Crippen LogP contribution < -0.4 is 10.9 Å². The normalized spacial score (nSPS) is 11.0. The maximum Gasteiger partial charge on any atom is 0.300 e. The van der Waals surface area contributed by atoms with E-state index < -0.39 is 0 Å². The first kappa shape index (κ1) is 19.9. The summed E-state index contributed by atoms with van der Waals surface area (Å²) < 4.78 is 3.17. The number of hydrogen-bond acceptors (Lipinski definition) is 5. The molecule has 0 saturated carbocycles. The third kappa shape index (κ3) is 4.13. The summed E-state index contributed by atoms with van der Waals surface area (Å²) in [5.74, 6) is 0.0810. The first-order valence-corrected chi connectivity index (χ1v) is 10.5. The summed E-state index contributed by atoms with van der Waals surface area (Å²) >= 11 is 1.24. The van der Waals surface area contributed by atoms with Crippen LogP contribution >= 0.6 is 11.8 Å². The van der Waals surface area contributed by atoms with E-state index in [1.807, 2.05) is 62.4 Å². The third-order valence-electron chi connectivity index (χ3n) is 4.87. The van der Waals surface area contributed by atoms with Crippen molar-refractivity contribution in [2.45, 2.75) is 25.5 Å². The van der Waals surface area contributed by atoms with E-state index in [1.165, 1.54) is 17.3 Å². The Morgan fingerprint density at radius 1 is 1.03 bits per heavy atom. The Morgan fingerprint density at radius 2 is 1.83 bits per heavy atom. The molecule has 4 aromatic rings. The lowest BCUT2D eigenvalue weighted by atomic mass is 10.1. The number of nitrogens with one attached hydrogen (secondary N) is 1. The van der Waals surface area contributed by atoms with Crippen molar-refractivity contribution >= 4 is 23.3 Å². The van der Waals surface area contributed by atoms with Crippen molar-refractivity contribution in [3.63, 3.8) is 0 Å². The summed E-state index contributed by atoms with van der Waals surface area (Å²) in [7, 11) is 0. The molecule has 0 fully saturated rings. The third-order valence-corrected chi connectivity index (χ3v) is 5.82. The SMILES string of the molecule is Cc1ccc(-n2ccn3c(SCC(=O)NCc4ccccc4)nnc3c2=O)cc1C. The lowest BCUT2D eigenvalue weighted by molar-refractivity contribution is -0.118. The van der Waals surface area contributed by atoms with E-state index in [2.05, 4.69) is 15.5 Å². The molecule has 30 heavy (non-hydrogen) atoms. The molecular weight excluding hydrogens is 398 g/mol. The van der Waals surface area contributed by atoms with Crippen LogP contribution in [0.1, 0.15) is 16.7 Å². The smallest absolute Gasteiger partial charge is 0.300 e. The monoisotopic (exact) mass is 419 g/mol. The predicted molar refractivity (Wildman–Crippen MR) is 117 cm³/mol. The summed E-state index contributed by atoms with van der Waals surface area (Å²) in [5, 5.41) is 11.5. The minimum atomic E-state index is -0.256. The van der Waals surface area contributed by atoms with Gasteiger partial charge in [-0.05, 0) is 42.7 Å². The van der Waals surface area contributed by atoms with Crippen molar-refractivity contribution < 1.29 is 4.79 Å². The molecule has 0 unspecified atom stereocenters. The van der Waals surface area contributed by atoms with E-state index in [9.17, 15) is 9.59 Å². The Hall–Kier alpha value is -3.39. The van der Waals surface area contributed by atoms with Crippen molar-refractivity contribution in [3.8, 4) is 5.69 Å². The molecule has 2 heterocycles. The highest BCUT2D eigenvalue weighted by molar-refractivity contribution is 7.99. The van der Waals surface area contributed by atoms with Crippen LogP contribution in [0.2, 0.25) is 0 Å². The molecule has 1 N–H and O–H groups in total. The zero-order chi connectivity index (χ0) is 21.1. The Bertz CT molecular complexity index is 1260. The highest BCUT2D eigenvalue weighted by Gasteiger charge is 2.13. The van der Waals surface area contributed by atoms with E-state index in [0.717, 1.165) is 16.8 Å². The van der Waals surface area contributed by atoms with Gasteiger partial charge in [-0.3, -0.25) is 18.6 Å². The molecule has 0 bridgehead atoms. The highest BCUT2D eigenvalue weighted by Crippen LogP contribution is 2.17. The van der Waals surface area contributed by atoms with Gasteiger partial charge in [0.1, 0.15) is 0 Å². The van der Waals surface area contributed by atoms with Crippen molar-refractivity contribution in [2.75, 3.05) is 5.75 Å². The molecule has 0 aliphatic heterocycles. The first-order chi connectivity index (χ1) is 14.5. The fraction of sp³-hybridized carbons (Fsp3) is 0.182. The molecule has 0 saturated heterocycles. The second-order valence-corrected chi connectivity index (χ2v) is 7.91. The van der Waals surface area contributed by atoms with Crippen LogP contribution in [0.15, 0.2) is 70.9 Å². The first-order valence-electron chi connectivity index (χ1n) is 9.50. The Balaban J connectivity index is 1.48. The minimum absolute atomic E-state index is 0.107. The second kappa shape index (κ2) is 8.54. The number of rotatable bonds is 6. The Kier molecular flexibility index (Phi) is 5.67. The average Bonchev–Trinajstić information content (AvgIpc) is 3.18. The second-order valence-electron chi connectivity index (χ2n) is 6.97. The van der Waals surface area contributed by atoms with Gasteiger partial charge in [-0.25, -0.2) is 0 Å². The summed E-state index contributed by atoms with van der Waals surface area (Å²) in [5.41, 5.74) is 4.06. The topological polar surface area (TPSA) is 81.3 Å². The Morgan fingerprint density at radius 3 is 2.60 bits per heavy atom. The highest BCUT2D eigenvalue weighted by atomic mass is 32.2. The fourth-order valence-corrected chi connectivity index (χ4v) is 3.77. The molecule has 1 amide bonds. The lowest BCUT2D eigenvalue weighted by Crippen LogP contribution is -2.24. The molecule has 0 radical (unpaired) electrons. The number of carbonyl (C=O) groups excluding carboxylic acids is 1. The lowest BCUT2D eigenvalue weighted by Gasteiger charge is -2.09. The van der Waals surface area contributed by atoms with E-state index in [-0.39, 0.29) is 22.9 Å². The number of amides is 1. The number of thioether (sulfide) groups is 1. The standard InChI is InChI=1S/C22H21N5O2S/c1-15-8-9-18(12-16(15)2)26-10-11-27-20(21(26)29)24-25-22(27)30-14-19(28)23-13-17-6-4-3-5-7-17/h3-12H,13-14H2,1-2H3,(H,23,28). The number of aryl methyl sites for hydroxylation is 2. The number of fused-ring (bicyclic) bond motifs is 1. The summed E-state index contributed by atoms with van der Waals surface area (Å²) in [6.07, 6.45) is 3.44. The van der Waals surface area contributed by atoms with Crippen LogP contribution in [0, 0.1) is 13.8 Å². The van der Waals surface area contributed by atoms with Crippen molar-refractivity contribution in [1.29, 1.82) is 0 Å². The van der Waals surface area contributed by atoms with Gasteiger partial charge in [-0.2, -0.15) is 0 Å². The molecule has 2 aromatic heterocycles. The molecule has 0 atom stereocenters. The van der Waals surface area contributed by atoms with Crippen LogP contribution in [-0.2, 0) is 11.3 Å². The quantitative estimate of drug-likeness (QED) is 0.486. The zero-order valence-corrected chi connectivity index (χ0v) is 17.5. The van der Waals surface area contributed by atoms with Crippen LogP contribution in [0.5, 0.6) is 0 Å². The minimum Gasteiger partial charge on any atom is -0.351 e. The van der Waals surface area contributed by atoms with E-state index in [0.29, 0.717) is 11.7 Å². The molecule has 8 heteroatoms. The average molecular weight is 420 g/mol. The van der Waals surface area contributed by atoms with Crippen molar-refractivity contribution in [3.05, 3.63) is 88.0 Å². The number of carbonyl (C=O) groups is 1. The van der Waals surface area contributed by atoms with Gasteiger partial charge >= 0.3 is 5.56 Å². The van der Waals surface area contributed by atoms with Crippen LogP contribution in [0.3, 0.4) is 0 Å². The van der Waals surface area contributed by atoms with Gasteiger partial charge in [0.05, 0.1) is 5.75 Å². The predicted octanol–water partition coefficient (Wildman–Crippen LogP) is 2.91. The van der Waals surface area contributed by atoms with Crippen LogP contribution in [-0.4, -0.2) is 30.8 Å². The van der Waals surface area contributed by atoms with Crippen LogP contribution in [0.25, 0.3) is 11.3 Å². The van der Waals surface area contributed by atoms with Gasteiger partial charge in [0.2, 0.25) is 11.6 Å². The number of benzene rings is 2. The van der Waals surface area contributed by atoms with Crippen molar-refractivity contribution in [2.24, 2.45) is 0 Å². The maximum absolute atomic E-state index is 12.9. The summed E-state index contributed by atoms with van der Waals surface area (Å²) in [6, 6.07) is 15.6. The molecule has 7 nitrogen and oxygen atoms in total. The zero-order valence-electron chi connectivity index (χ0n) is 16.7. The van der Waals surface area contributed by atoms with Gasteiger partial charge in [0.15, 0.2) is 5.16 Å². The fourth-order valence-electron chi connectivity index (χ4n) is 3.02. The van der Waals surface area contributed by atoms with E-state index in [4.69, 9.17) is 0 Å². The van der Waals surface area contributed by atoms with Gasteiger partial charge in [-0.1, -0.05) is 48.2 Å². The summed E-state index contributed by atoms with van der Waals surface area (Å²) in [6.45, 7) is 4.52. The van der Waals surface area contributed by atoms with Gasteiger partial charge in [0.25, 0.3) is 0 Å². The van der Waals surface area contributed by atoms with Gasteiger partial charge < -0.3 is 5.32 Å². The molecule has 0 aliphatic rings. The molecular formula is C22H21N5O2S. The number of aromatic nitrogens is 4. The maximum atomic E-state index is 12.9. The van der Waals surface area contributed by atoms with Crippen LogP contribution in [0.4, 0.5) is 0 Å². The van der Waals surface area contributed by atoms with Crippen molar-refractivity contribution in [1.82, 2.24) is 24.5 Å². The van der Waals surface area contributed by atoms with E-state index in [1.54, 1.807) is 21.4 Å². The van der Waals surface area contributed by atoms with Gasteiger partial charge in [0, 0.05) is 24.6 Å². The molecule has 4 rings (SSSR count). The summed E-state index contributed by atoms with van der Waals surface area (Å²) in [4.78, 5) is 25.0. The Labute approximate surface area is 177 Å². The number of nitrogens with zero attached hydrogens (tertiary/aromatic N) is 4.